The van der Waals surface area contributed by atoms with Crippen LogP contribution in [0.4, 0.5) is 5.82 Å². The molecule has 0 bridgehead atoms. The van der Waals surface area contributed by atoms with Crippen molar-refractivity contribution in [2.45, 2.75) is 12.2 Å². The van der Waals surface area contributed by atoms with E-state index in [-0.39, 0.29) is 11.2 Å². The van der Waals surface area contributed by atoms with Crippen molar-refractivity contribution in [3.05, 3.63) is 72.2 Å². The van der Waals surface area contributed by atoms with Crippen molar-refractivity contribution in [3.8, 4) is 11.3 Å². The highest BCUT2D eigenvalue weighted by molar-refractivity contribution is 7.98. The van der Waals surface area contributed by atoms with Crippen LogP contribution in [-0.4, -0.2) is 50.7 Å². The first kappa shape index (κ1) is 21.6. The molecule has 0 aliphatic carbocycles. The Kier molecular flexibility index (Phi) is 6.55. The van der Waals surface area contributed by atoms with Gasteiger partial charge in [-0.25, -0.2) is 19.9 Å². The number of amides is 1. The Bertz CT molecular complexity index is 1250. The Morgan fingerprint density at radius 1 is 1.09 bits per heavy atom. The summed E-state index contributed by atoms with van der Waals surface area (Å²) in [7, 11) is 1.63. The summed E-state index contributed by atoms with van der Waals surface area (Å²) in [6.45, 7) is 2.48. The molecular weight excluding hydrogens is 422 g/mol. The van der Waals surface area contributed by atoms with E-state index in [0.717, 1.165) is 27.7 Å². The smallest absolute Gasteiger partial charge is 0.251 e. The molecule has 1 amide bonds. The number of para-hydroxylation sites is 1. The van der Waals surface area contributed by atoms with Crippen LogP contribution in [0.3, 0.4) is 0 Å². The molecule has 2 N–H and O–H groups in total. The van der Waals surface area contributed by atoms with Crippen LogP contribution in [-0.2, 0) is 0 Å². The van der Waals surface area contributed by atoms with E-state index in [1.54, 1.807) is 43.5 Å². The summed E-state index contributed by atoms with van der Waals surface area (Å²) in [5.74, 6) is 1.31. The molecule has 1 unspecified atom stereocenters. The SMILES string of the molecule is CNC(=O)c1ccnc2c(C(CNc3cc(-c4cnc(C)nc4)ncn3)SC)cccc12. The van der Waals surface area contributed by atoms with Crippen molar-refractivity contribution in [2.75, 3.05) is 25.2 Å². The zero-order chi connectivity index (χ0) is 22.5. The van der Waals surface area contributed by atoms with E-state index in [0.29, 0.717) is 23.8 Å². The fraction of sp³-hybridized carbons (Fsp3) is 0.217. The number of nitrogens with zero attached hydrogens (tertiary/aromatic N) is 5. The van der Waals surface area contributed by atoms with E-state index < -0.39 is 0 Å². The molecule has 0 spiro atoms. The number of hydrogen-bond donors (Lipinski definition) is 2. The second kappa shape index (κ2) is 9.69. The second-order valence-electron chi connectivity index (χ2n) is 7.09. The molecule has 4 rings (SSSR count). The summed E-state index contributed by atoms with van der Waals surface area (Å²) in [5, 5.41) is 7.05. The Morgan fingerprint density at radius 3 is 2.66 bits per heavy atom. The fourth-order valence-electron chi connectivity index (χ4n) is 3.45. The van der Waals surface area contributed by atoms with E-state index in [1.807, 2.05) is 25.1 Å². The number of benzene rings is 1. The molecule has 32 heavy (non-hydrogen) atoms. The first-order valence-corrected chi connectivity index (χ1v) is 11.4. The number of anilines is 1. The van der Waals surface area contributed by atoms with Gasteiger partial charge in [-0.3, -0.25) is 9.78 Å². The van der Waals surface area contributed by atoms with Crippen LogP contribution in [0.25, 0.3) is 22.2 Å². The standard InChI is InChI=1S/C23H23N7OS/c1-14-26-10-15(11-27-14)19-9-21(30-13-29-19)28-12-20(32-3)18-6-4-5-16-17(23(31)24-2)7-8-25-22(16)18/h4-11,13,20H,12H2,1-3H3,(H,24,31)(H,28,29,30). The Balaban J connectivity index is 1.58. The number of pyridine rings is 1. The van der Waals surface area contributed by atoms with Crippen molar-refractivity contribution in [2.24, 2.45) is 0 Å². The van der Waals surface area contributed by atoms with Gasteiger partial charge in [-0.15, -0.1) is 0 Å². The van der Waals surface area contributed by atoms with Crippen LogP contribution >= 0.6 is 11.8 Å². The maximum absolute atomic E-state index is 12.3. The maximum Gasteiger partial charge on any atom is 0.251 e. The van der Waals surface area contributed by atoms with Gasteiger partial charge in [-0.2, -0.15) is 11.8 Å². The number of aryl methyl sites for hydroxylation is 1. The summed E-state index contributed by atoms with van der Waals surface area (Å²) in [6.07, 6.45) is 8.78. The highest BCUT2D eigenvalue weighted by atomic mass is 32.2. The normalized spacial score (nSPS) is 11.8. The van der Waals surface area contributed by atoms with Crippen LogP contribution in [0.2, 0.25) is 0 Å². The number of aromatic nitrogens is 5. The molecule has 1 atom stereocenters. The zero-order valence-electron chi connectivity index (χ0n) is 18.0. The third-order valence-electron chi connectivity index (χ3n) is 5.12. The number of nitrogens with one attached hydrogen (secondary N) is 2. The molecule has 0 saturated heterocycles. The predicted molar refractivity (Wildman–Crippen MR) is 128 cm³/mol. The minimum absolute atomic E-state index is 0.104. The minimum Gasteiger partial charge on any atom is -0.368 e. The lowest BCUT2D eigenvalue weighted by Crippen LogP contribution is -2.18. The van der Waals surface area contributed by atoms with Gasteiger partial charge in [0, 0.05) is 54.4 Å². The fourth-order valence-corrected chi connectivity index (χ4v) is 4.14. The molecule has 162 valence electrons. The molecule has 9 heteroatoms. The average Bonchev–Trinajstić information content (AvgIpc) is 2.84. The third-order valence-corrected chi connectivity index (χ3v) is 6.11. The van der Waals surface area contributed by atoms with Crippen molar-refractivity contribution in [1.29, 1.82) is 0 Å². The van der Waals surface area contributed by atoms with Gasteiger partial charge >= 0.3 is 0 Å². The van der Waals surface area contributed by atoms with Crippen LogP contribution in [0.1, 0.15) is 27.0 Å². The van der Waals surface area contributed by atoms with Crippen molar-refractivity contribution in [1.82, 2.24) is 30.2 Å². The first-order chi connectivity index (χ1) is 15.6. The van der Waals surface area contributed by atoms with Gasteiger partial charge in [0.05, 0.1) is 16.8 Å². The molecule has 0 saturated carbocycles. The van der Waals surface area contributed by atoms with Gasteiger partial charge in [0.25, 0.3) is 5.91 Å². The van der Waals surface area contributed by atoms with E-state index in [4.69, 9.17) is 0 Å². The molecule has 3 heterocycles. The summed E-state index contributed by atoms with van der Waals surface area (Å²) in [6, 6.07) is 9.59. The molecule has 0 aliphatic heterocycles. The number of fused-ring (bicyclic) bond motifs is 1. The number of rotatable bonds is 7. The average molecular weight is 446 g/mol. The molecule has 0 aliphatic rings. The van der Waals surface area contributed by atoms with E-state index in [1.165, 1.54) is 6.33 Å². The van der Waals surface area contributed by atoms with E-state index in [9.17, 15) is 4.79 Å². The summed E-state index contributed by atoms with van der Waals surface area (Å²) >= 11 is 1.71. The number of hydrogen-bond acceptors (Lipinski definition) is 8. The van der Waals surface area contributed by atoms with Gasteiger partial charge in [0.2, 0.25) is 0 Å². The highest BCUT2D eigenvalue weighted by Crippen LogP contribution is 2.32. The van der Waals surface area contributed by atoms with Crippen LogP contribution < -0.4 is 10.6 Å². The lowest BCUT2D eigenvalue weighted by molar-refractivity contribution is 0.0964. The molecule has 1 aromatic carbocycles. The molecule has 4 aromatic rings. The Morgan fingerprint density at radius 2 is 1.91 bits per heavy atom. The quantitative estimate of drug-likeness (QED) is 0.444. The highest BCUT2D eigenvalue weighted by Gasteiger charge is 2.17. The van der Waals surface area contributed by atoms with E-state index >= 15 is 0 Å². The summed E-state index contributed by atoms with van der Waals surface area (Å²) in [4.78, 5) is 34.0. The van der Waals surface area contributed by atoms with Crippen LogP contribution in [0.15, 0.2) is 55.2 Å². The lowest BCUT2D eigenvalue weighted by atomic mass is 10.0. The molecule has 3 aromatic heterocycles. The monoisotopic (exact) mass is 445 g/mol. The Labute approximate surface area is 190 Å². The van der Waals surface area contributed by atoms with Crippen LogP contribution in [0.5, 0.6) is 0 Å². The van der Waals surface area contributed by atoms with Gasteiger partial charge in [0.15, 0.2) is 0 Å². The Hall–Kier alpha value is -3.59. The molecule has 0 fully saturated rings. The maximum atomic E-state index is 12.3. The van der Waals surface area contributed by atoms with Gasteiger partial charge in [0.1, 0.15) is 18.0 Å². The summed E-state index contributed by atoms with van der Waals surface area (Å²) < 4.78 is 0. The largest absolute Gasteiger partial charge is 0.368 e. The predicted octanol–water partition coefficient (Wildman–Crippen LogP) is 3.67. The number of carbonyl (C=O) groups is 1. The van der Waals surface area contributed by atoms with Crippen LogP contribution in [0, 0.1) is 6.92 Å². The first-order valence-electron chi connectivity index (χ1n) is 10.1. The van der Waals surface area contributed by atoms with Gasteiger partial charge in [-0.1, -0.05) is 18.2 Å². The van der Waals surface area contributed by atoms with Crippen molar-refractivity contribution in [3.63, 3.8) is 0 Å². The summed E-state index contributed by atoms with van der Waals surface area (Å²) in [5.41, 5.74) is 4.10. The number of thioether (sulfide) groups is 1. The minimum atomic E-state index is -0.123. The number of carbonyl (C=O) groups excluding carboxylic acids is 1. The van der Waals surface area contributed by atoms with Crippen molar-refractivity contribution >= 4 is 34.4 Å². The van der Waals surface area contributed by atoms with Gasteiger partial charge in [-0.05, 0) is 24.8 Å². The zero-order valence-corrected chi connectivity index (χ0v) is 18.8. The molecule has 8 nitrogen and oxygen atoms in total. The van der Waals surface area contributed by atoms with Gasteiger partial charge < -0.3 is 10.6 Å². The lowest BCUT2D eigenvalue weighted by Gasteiger charge is -2.18. The topological polar surface area (TPSA) is 106 Å². The van der Waals surface area contributed by atoms with Crippen molar-refractivity contribution < 1.29 is 4.79 Å². The third kappa shape index (κ3) is 4.52. The van der Waals surface area contributed by atoms with E-state index in [2.05, 4.69) is 47.9 Å². The second-order valence-corrected chi connectivity index (χ2v) is 8.13. The molecule has 0 radical (unpaired) electrons. The molecular formula is C23H23N7OS.